The molecule has 5 nitrogen and oxygen atoms in total. The summed E-state index contributed by atoms with van der Waals surface area (Å²) in [7, 11) is 1.64. The molecule has 2 aromatic rings. The minimum Gasteiger partial charge on any atom is -0.454 e. The number of fused-ring (bicyclic) bond motifs is 1. The SMILES string of the molecule is CN(Cc1ccc2c(c1)OCO2)C(=O)c1cccc(F)n1. The van der Waals surface area contributed by atoms with Crippen LogP contribution in [0.4, 0.5) is 4.39 Å². The van der Waals surface area contributed by atoms with Crippen LogP contribution in [0.1, 0.15) is 16.1 Å². The Hall–Kier alpha value is -2.63. The van der Waals surface area contributed by atoms with Crippen LogP contribution in [-0.4, -0.2) is 29.6 Å². The Morgan fingerprint density at radius 1 is 1.29 bits per heavy atom. The van der Waals surface area contributed by atoms with Gasteiger partial charge < -0.3 is 14.4 Å². The lowest BCUT2D eigenvalue weighted by Gasteiger charge is -2.17. The third-order valence-corrected chi connectivity index (χ3v) is 3.14. The molecule has 0 saturated carbocycles. The second-order valence-electron chi connectivity index (χ2n) is 4.69. The van der Waals surface area contributed by atoms with E-state index in [0.717, 1.165) is 5.56 Å². The second kappa shape index (κ2) is 5.40. The van der Waals surface area contributed by atoms with Gasteiger partial charge in [0.1, 0.15) is 5.69 Å². The van der Waals surface area contributed by atoms with Crippen molar-refractivity contribution in [2.24, 2.45) is 0 Å². The molecule has 0 bridgehead atoms. The molecule has 0 radical (unpaired) electrons. The first kappa shape index (κ1) is 13.4. The summed E-state index contributed by atoms with van der Waals surface area (Å²) >= 11 is 0. The van der Waals surface area contributed by atoms with Gasteiger partial charge in [0, 0.05) is 13.6 Å². The highest BCUT2D eigenvalue weighted by atomic mass is 19.1. The van der Waals surface area contributed by atoms with Gasteiger partial charge in [-0.25, -0.2) is 4.98 Å². The van der Waals surface area contributed by atoms with Gasteiger partial charge in [-0.2, -0.15) is 4.39 Å². The van der Waals surface area contributed by atoms with E-state index in [-0.39, 0.29) is 18.4 Å². The number of benzene rings is 1. The van der Waals surface area contributed by atoms with Gasteiger partial charge in [0.2, 0.25) is 12.7 Å². The maximum atomic E-state index is 13.1. The van der Waals surface area contributed by atoms with Crippen molar-refractivity contribution in [3.8, 4) is 11.5 Å². The van der Waals surface area contributed by atoms with Crippen LogP contribution in [0, 0.1) is 5.95 Å². The summed E-state index contributed by atoms with van der Waals surface area (Å²) in [6.07, 6.45) is 0. The average molecular weight is 288 g/mol. The number of nitrogens with zero attached hydrogens (tertiary/aromatic N) is 2. The highest BCUT2D eigenvalue weighted by Crippen LogP contribution is 2.32. The van der Waals surface area contributed by atoms with E-state index in [4.69, 9.17) is 9.47 Å². The van der Waals surface area contributed by atoms with Crippen LogP contribution in [0.25, 0.3) is 0 Å². The minimum atomic E-state index is -0.669. The maximum Gasteiger partial charge on any atom is 0.272 e. The smallest absolute Gasteiger partial charge is 0.272 e. The van der Waals surface area contributed by atoms with E-state index in [0.29, 0.717) is 18.0 Å². The summed E-state index contributed by atoms with van der Waals surface area (Å²) in [5.41, 5.74) is 0.977. The van der Waals surface area contributed by atoms with Crippen LogP contribution < -0.4 is 9.47 Å². The summed E-state index contributed by atoms with van der Waals surface area (Å²) in [4.78, 5) is 17.2. The minimum absolute atomic E-state index is 0.0817. The van der Waals surface area contributed by atoms with Gasteiger partial charge in [-0.15, -0.1) is 0 Å². The Kier molecular flexibility index (Phi) is 3.43. The predicted molar refractivity (Wildman–Crippen MR) is 72.6 cm³/mol. The Morgan fingerprint density at radius 2 is 2.10 bits per heavy atom. The summed E-state index contributed by atoms with van der Waals surface area (Å²) in [5.74, 6) is 0.348. The van der Waals surface area contributed by atoms with E-state index in [2.05, 4.69) is 4.98 Å². The van der Waals surface area contributed by atoms with E-state index < -0.39 is 5.95 Å². The molecule has 0 saturated heterocycles. The lowest BCUT2D eigenvalue weighted by molar-refractivity contribution is 0.0778. The molecule has 1 aliphatic heterocycles. The third-order valence-electron chi connectivity index (χ3n) is 3.14. The van der Waals surface area contributed by atoms with E-state index in [1.807, 2.05) is 12.1 Å². The van der Waals surface area contributed by atoms with Gasteiger partial charge in [0.05, 0.1) is 0 Å². The van der Waals surface area contributed by atoms with Crippen molar-refractivity contribution in [3.63, 3.8) is 0 Å². The lowest BCUT2D eigenvalue weighted by Crippen LogP contribution is -2.27. The maximum absolute atomic E-state index is 13.1. The molecule has 0 atom stereocenters. The fraction of sp³-hybridized carbons (Fsp3) is 0.200. The highest BCUT2D eigenvalue weighted by Gasteiger charge is 2.17. The molecule has 0 aliphatic carbocycles. The number of hydrogen-bond acceptors (Lipinski definition) is 4. The van der Waals surface area contributed by atoms with Crippen LogP contribution in [0.5, 0.6) is 11.5 Å². The topological polar surface area (TPSA) is 51.7 Å². The van der Waals surface area contributed by atoms with Crippen LogP contribution in [0.3, 0.4) is 0 Å². The van der Waals surface area contributed by atoms with Crippen molar-refractivity contribution >= 4 is 5.91 Å². The molecule has 1 amide bonds. The zero-order valence-electron chi connectivity index (χ0n) is 11.4. The molecule has 2 heterocycles. The number of carbonyl (C=O) groups excluding carboxylic acids is 1. The van der Waals surface area contributed by atoms with Gasteiger partial charge in [-0.3, -0.25) is 4.79 Å². The average Bonchev–Trinajstić information content (AvgIpc) is 2.94. The Labute approximate surface area is 120 Å². The number of carbonyl (C=O) groups is 1. The molecule has 0 spiro atoms. The normalized spacial score (nSPS) is 12.3. The predicted octanol–water partition coefficient (Wildman–Crippen LogP) is 2.22. The number of pyridine rings is 1. The van der Waals surface area contributed by atoms with Crippen molar-refractivity contribution in [2.45, 2.75) is 6.54 Å². The monoisotopic (exact) mass is 288 g/mol. The van der Waals surface area contributed by atoms with Gasteiger partial charge in [0.25, 0.3) is 5.91 Å². The fourth-order valence-corrected chi connectivity index (χ4v) is 2.11. The van der Waals surface area contributed by atoms with E-state index in [1.54, 1.807) is 13.1 Å². The molecule has 21 heavy (non-hydrogen) atoms. The van der Waals surface area contributed by atoms with Crippen molar-refractivity contribution in [1.29, 1.82) is 0 Å². The van der Waals surface area contributed by atoms with Crippen molar-refractivity contribution < 1.29 is 18.7 Å². The first-order chi connectivity index (χ1) is 10.1. The largest absolute Gasteiger partial charge is 0.454 e. The van der Waals surface area contributed by atoms with Gasteiger partial charge in [0.15, 0.2) is 11.5 Å². The van der Waals surface area contributed by atoms with Crippen LogP contribution in [0.2, 0.25) is 0 Å². The molecule has 0 N–H and O–H groups in total. The van der Waals surface area contributed by atoms with Crippen LogP contribution in [0.15, 0.2) is 36.4 Å². The highest BCUT2D eigenvalue weighted by molar-refractivity contribution is 5.92. The second-order valence-corrected chi connectivity index (χ2v) is 4.69. The van der Waals surface area contributed by atoms with Gasteiger partial charge in [-0.05, 0) is 29.8 Å². The van der Waals surface area contributed by atoms with Gasteiger partial charge in [-0.1, -0.05) is 12.1 Å². The fourth-order valence-electron chi connectivity index (χ4n) is 2.11. The molecule has 0 unspecified atom stereocenters. The van der Waals surface area contributed by atoms with Crippen molar-refractivity contribution in [3.05, 3.63) is 53.6 Å². The summed E-state index contributed by atoms with van der Waals surface area (Å²) in [5, 5.41) is 0. The summed E-state index contributed by atoms with van der Waals surface area (Å²) in [6.45, 7) is 0.578. The van der Waals surface area contributed by atoms with Crippen molar-refractivity contribution in [2.75, 3.05) is 13.8 Å². The summed E-state index contributed by atoms with van der Waals surface area (Å²) < 4.78 is 23.6. The zero-order chi connectivity index (χ0) is 14.8. The molecule has 6 heteroatoms. The zero-order valence-corrected chi connectivity index (χ0v) is 11.4. The van der Waals surface area contributed by atoms with Crippen LogP contribution >= 0.6 is 0 Å². The van der Waals surface area contributed by atoms with Crippen LogP contribution in [-0.2, 0) is 6.54 Å². The van der Waals surface area contributed by atoms with Crippen molar-refractivity contribution in [1.82, 2.24) is 9.88 Å². The molecule has 1 aliphatic rings. The molecular weight excluding hydrogens is 275 g/mol. The third kappa shape index (κ3) is 2.79. The molecule has 108 valence electrons. The molecule has 0 fully saturated rings. The lowest BCUT2D eigenvalue weighted by atomic mass is 10.2. The van der Waals surface area contributed by atoms with E-state index in [9.17, 15) is 9.18 Å². The Balaban J connectivity index is 1.74. The first-order valence-electron chi connectivity index (χ1n) is 6.40. The molecule has 3 rings (SSSR count). The standard InChI is InChI=1S/C15H13FN2O3/c1-18(15(19)11-3-2-4-14(16)17-11)8-10-5-6-12-13(7-10)21-9-20-12/h2-7H,8-9H2,1H3. The number of amides is 1. The Bertz CT molecular complexity index is 690. The molecule has 1 aromatic carbocycles. The molecular formula is C15H13FN2O3. The van der Waals surface area contributed by atoms with Gasteiger partial charge >= 0.3 is 0 Å². The number of aromatic nitrogens is 1. The number of rotatable bonds is 3. The number of halogens is 1. The first-order valence-corrected chi connectivity index (χ1v) is 6.40. The summed E-state index contributed by atoms with van der Waals surface area (Å²) in [6, 6.07) is 9.64. The number of hydrogen-bond donors (Lipinski definition) is 0. The number of ether oxygens (including phenoxy) is 2. The quantitative estimate of drug-likeness (QED) is 0.813. The Morgan fingerprint density at radius 3 is 2.90 bits per heavy atom. The van der Waals surface area contributed by atoms with E-state index in [1.165, 1.54) is 23.1 Å². The molecule has 1 aromatic heterocycles. The van der Waals surface area contributed by atoms with E-state index >= 15 is 0 Å².